The molecule has 3 N–H and O–H groups in total. The van der Waals surface area contributed by atoms with Gasteiger partial charge in [-0.3, -0.25) is 14.4 Å². The van der Waals surface area contributed by atoms with Gasteiger partial charge < -0.3 is 39.3 Å². The van der Waals surface area contributed by atoms with E-state index in [1.807, 2.05) is 49.4 Å². The lowest BCUT2D eigenvalue weighted by Crippen LogP contribution is -2.48. The van der Waals surface area contributed by atoms with Crippen LogP contribution in [0.3, 0.4) is 0 Å². The van der Waals surface area contributed by atoms with Crippen molar-refractivity contribution in [3.05, 3.63) is 53.6 Å². The fourth-order valence-electron chi connectivity index (χ4n) is 7.48. The summed E-state index contributed by atoms with van der Waals surface area (Å²) < 4.78 is 22.6. The Morgan fingerprint density at radius 2 is 1.58 bits per heavy atom. The molecule has 6 rings (SSSR count). The van der Waals surface area contributed by atoms with E-state index in [9.17, 15) is 19.5 Å². The molecular weight excluding hydrogens is 569 g/mol. The Kier molecular flexibility index (Phi) is 7.92. The third-order valence-electron chi connectivity index (χ3n) is 9.44. The van der Waals surface area contributed by atoms with Crippen LogP contribution in [0.4, 0.5) is 21.2 Å². The van der Waals surface area contributed by atoms with Crippen molar-refractivity contribution in [2.24, 2.45) is 5.92 Å². The zero-order valence-corrected chi connectivity index (χ0v) is 25.9. The molecule has 2 aromatic rings. The van der Waals surface area contributed by atoms with Crippen molar-refractivity contribution in [3.8, 4) is 0 Å². The lowest BCUT2D eigenvalue weighted by molar-refractivity contribution is -0.146. The fourth-order valence-corrected chi connectivity index (χ4v) is 10.0. The van der Waals surface area contributed by atoms with E-state index in [2.05, 4.69) is 10.6 Å². The highest BCUT2D eigenvalue weighted by molar-refractivity contribution is 6.72. The van der Waals surface area contributed by atoms with Crippen molar-refractivity contribution in [2.75, 3.05) is 60.6 Å². The number of hydrogen-bond acceptors (Lipinski definition) is 7. The largest absolute Gasteiger partial charge is 0.396 e. The number of aliphatic hydroxyl groups excluding tert-OH is 1. The fraction of sp³-hybridized carbons (Fsp3) is 0.516. The quantitative estimate of drug-likeness (QED) is 0.326. The number of ether oxygens (including phenoxy) is 1. The minimum absolute atomic E-state index is 0.0158. The number of benzene rings is 2. The standard InChI is InChI=1S/C31H40FN5O5Si/c1-20-29(43(2,3)32)26(10-15-38)42-31(20)24-16-23(36-14-12-34-18-28(36)40)8-9-25(24)37(30(31)41)19-21-4-6-22(7-5-21)35-13-11-33-17-27(35)39/h4-9,16,20,26,29,33-34,38H,10-15,17-19H2,1-3H3/t20-,26+,29-,31+/m1/s1. The SMILES string of the molecule is C[C@@H]1[C@@H]([Si](C)(C)F)[C@H](CCO)O[C@@]12C(=O)N(Cc1ccc(N3CCNCC3=O)cc1)c1ccc(N3CCNCC3=O)cc12. The number of amides is 3. The van der Waals surface area contributed by atoms with Crippen LogP contribution in [0, 0.1) is 5.92 Å². The highest BCUT2D eigenvalue weighted by Crippen LogP contribution is 2.60. The van der Waals surface area contributed by atoms with Gasteiger partial charge in [0, 0.05) is 61.2 Å². The molecule has 3 amide bonds. The number of halogens is 1. The molecule has 43 heavy (non-hydrogen) atoms. The third-order valence-corrected chi connectivity index (χ3v) is 11.9. The molecular formula is C31H40FN5O5Si. The Hall–Kier alpha value is -3.16. The third kappa shape index (κ3) is 5.08. The molecule has 0 radical (unpaired) electrons. The highest BCUT2D eigenvalue weighted by Gasteiger charge is 2.66. The van der Waals surface area contributed by atoms with E-state index in [1.54, 1.807) is 27.8 Å². The summed E-state index contributed by atoms with van der Waals surface area (Å²) in [7, 11) is -3.33. The first-order valence-corrected chi connectivity index (χ1v) is 18.1. The van der Waals surface area contributed by atoms with Gasteiger partial charge in [-0.2, -0.15) is 0 Å². The van der Waals surface area contributed by atoms with E-state index in [0.717, 1.165) is 17.8 Å². The summed E-state index contributed by atoms with van der Waals surface area (Å²) in [5.74, 6) is -0.786. The van der Waals surface area contributed by atoms with Crippen molar-refractivity contribution in [1.82, 2.24) is 10.6 Å². The molecule has 2 aromatic carbocycles. The van der Waals surface area contributed by atoms with Crippen LogP contribution in [0.2, 0.25) is 18.6 Å². The van der Waals surface area contributed by atoms with Crippen molar-refractivity contribution in [1.29, 1.82) is 0 Å². The average molecular weight is 610 g/mol. The zero-order valence-electron chi connectivity index (χ0n) is 24.9. The second-order valence-corrected chi connectivity index (χ2v) is 16.3. The van der Waals surface area contributed by atoms with Gasteiger partial charge in [0.15, 0.2) is 5.60 Å². The zero-order chi connectivity index (χ0) is 30.5. The van der Waals surface area contributed by atoms with Gasteiger partial charge in [0.1, 0.15) is 0 Å². The summed E-state index contributed by atoms with van der Waals surface area (Å²) in [6.07, 6.45) is -0.370. The van der Waals surface area contributed by atoms with E-state index in [0.29, 0.717) is 43.1 Å². The van der Waals surface area contributed by atoms with Crippen molar-refractivity contribution in [3.63, 3.8) is 0 Å². The molecule has 3 fully saturated rings. The smallest absolute Gasteiger partial charge is 0.264 e. The number of hydrogen-bond donors (Lipinski definition) is 3. The average Bonchev–Trinajstić information content (AvgIpc) is 3.40. The molecule has 4 aliphatic heterocycles. The number of nitrogens with one attached hydrogen (secondary N) is 2. The number of rotatable bonds is 7. The molecule has 4 aliphatic rings. The summed E-state index contributed by atoms with van der Waals surface area (Å²) in [5, 5.41) is 16.0. The summed E-state index contributed by atoms with van der Waals surface area (Å²) in [6.45, 7) is 8.28. The first kappa shape index (κ1) is 29.9. The van der Waals surface area contributed by atoms with Gasteiger partial charge in [0.05, 0.1) is 31.4 Å². The molecule has 1 spiro atoms. The molecule has 0 aromatic heterocycles. The van der Waals surface area contributed by atoms with Gasteiger partial charge >= 0.3 is 0 Å². The summed E-state index contributed by atoms with van der Waals surface area (Å²) in [5.41, 5.74) is 1.74. The normalized spacial score (nSPS) is 27.9. The second-order valence-electron chi connectivity index (χ2n) is 12.5. The number of carbonyl (C=O) groups is 3. The lowest BCUT2D eigenvalue weighted by Gasteiger charge is -2.32. The first-order valence-electron chi connectivity index (χ1n) is 15.1. The number of nitrogens with zero attached hydrogens (tertiary/aromatic N) is 3. The summed E-state index contributed by atoms with van der Waals surface area (Å²) >= 11 is 0. The van der Waals surface area contributed by atoms with E-state index < -0.39 is 31.6 Å². The van der Waals surface area contributed by atoms with E-state index in [1.165, 1.54) is 0 Å². The van der Waals surface area contributed by atoms with E-state index in [-0.39, 0.29) is 43.8 Å². The molecule has 230 valence electrons. The summed E-state index contributed by atoms with van der Waals surface area (Å²) in [6, 6.07) is 13.2. The molecule has 0 aliphatic carbocycles. The molecule has 12 heteroatoms. The van der Waals surface area contributed by atoms with Crippen molar-refractivity contribution in [2.45, 2.75) is 50.2 Å². The predicted molar refractivity (Wildman–Crippen MR) is 164 cm³/mol. The van der Waals surface area contributed by atoms with Crippen molar-refractivity contribution >= 4 is 43.2 Å². The van der Waals surface area contributed by atoms with Crippen LogP contribution >= 0.6 is 0 Å². The molecule has 0 saturated carbocycles. The van der Waals surface area contributed by atoms with Gasteiger partial charge in [0.2, 0.25) is 20.2 Å². The number of piperazine rings is 2. The van der Waals surface area contributed by atoms with Gasteiger partial charge in [-0.25, -0.2) is 0 Å². The van der Waals surface area contributed by atoms with Crippen LogP contribution in [0.1, 0.15) is 24.5 Å². The van der Waals surface area contributed by atoms with Crippen LogP contribution in [0.25, 0.3) is 0 Å². The lowest BCUT2D eigenvalue weighted by atomic mass is 9.82. The van der Waals surface area contributed by atoms with E-state index in [4.69, 9.17) is 4.74 Å². The molecule has 10 nitrogen and oxygen atoms in total. The highest BCUT2D eigenvalue weighted by atomic mass is 28.4. The molecule has 4 atom stereocenters. The Balaban J connectivity index is 1.39. The van der Waals surface area contributed by atoms with Gasteiger partial charge in [-0.1, -0.05) is 19.1 Å². The van der Waals surface area contributed by atoms with Gasteiger partial charge in [-0.15, -0.1) is 0 Å². The first-order chi connectivity index (χ1) is 20.6. The molecule has 3 saturated heterocycles. The Morgan fingerprint density at radius 1 is 0.977 bits per heavy atom. The van der Waals surface area contributed by atoms with Crippen LogP contribution < -0.4 is 25.3 Å². The number of carbonyl (C=O) groups excluding carboxylic acids is 3. The molecule has 0 unspecified atom stereocenters. The Morgan fingerprint density at radius 3 is 2.16 bits per heavy atom. The van der Waals surface area contributed by atoms with Crippen LogP contribution in [0.5, 0.6) is 0 Å². The molecule has 0 bridgehead atoms. The van der Waals surface area contributed by atoms with Crippen LogP contribution in [-0.4, -0.2) is 83.2 Å². The maximum Gasteiger partial charge on any atom is 0.264 e. The summed E-state index contributed by atoms with van der Waals surface area (Å²) in [4.78, 5) is 44.9. The van der Waals surface area contributed by atoms with Gasteiger partial charge in [0.25, 0.3) is 5.91 Å². The van der Waals surface area contributed by atoms with Crippen LogP contribution in [-0.2, 0) is 31.3 Å². The minimum Gasteiger partial charge on any atom is -0.396 e. The second kappa shape index (κ2) is 11.4. The predicted octanol–water partition coefficient (Wildman–Crippen LogP) is 2.26. The Bertz CT molecular complexity index is 1420. The monoisotopic (exact) mass is 609 g/mol. The van der Waals surface area contributed by atoms with Crippen molar-refractivity contribution < 1.29 is 28.3 Å². The Labute approximate surface area is 252 Å². The van der Waals surface area contributed by atoms with E-state index >= 15 is 4.11 Å². The maximum absolute atomic E-state index is 15.9. The minimum atomic E-state index is -3.33. The number of fused-ring (bicyclic) bond motifs is 2. The number of anilines is 3. The number of aliphatic hydroxyl groups is 1. The topological polar surface area (TPSA) is 114 Å². The van der Waals surface area contributed by atoms with Gasteiger partial charge in [-0.05, 0) is 55.4 Å². The molecule has 4 heterocycles. The van der Waals surface area contributed by atoms with Crippen LogP contribution in [0.15, 0.2) is 42.5 Å². The maximum atomic E-state index is 15.9.